The zero-order valence-electron chi connectivity index (χ0n) is 12.1. The van der Waals surface area contributed by atoms with Gasteiger partial charge in [0.2, 0.25) is 5.91 Å². The van der Waals surface area contributed by atoms with Crippen LogP contribution < -0.4 is 0 Å². The second-order valence-electron chi connectivity index (χ2n) is 5.43. The van der Waals surface area contributed by atoms with Crippen LogP contribution in [-0.2, 0) is 24.7 Å². The third-order valence-corrected chi connectivity index (χ3v) is 4.02. The van der Waals surface area contributed by atoms with E-state index in [0.717, 1.165) is 17.5 Å². The molecule has 1 aromatic heterocycles. The number of fused-ring (bicyclic) bond motifs is 1. The van der Waals surface area contributed by atoms with Crippen LogP contribution in [0.4, 0.5) is 0 Å². The van der Waals surface area contributed by atoms with E-state index >= 15 is 0 Å². The quantitative estimate of drug-likeness (QED) is 0.918. The molecule has 3 rings (SSSR count). The molecule has 5 heteroatoms. The minimum atomic E-state index is -0.237. The van der Waals surface area contributed by atoms with Gasteiger partial charge in [0.15, 0.2) is 0 Å². The van der Waals surface area contributed by atoms with Crippen LogP contribution in [0.3, 0.4) is 0 Å². The predicted molar refractivity (Wildman–Crippen MR) is 78.6 cm³/mol. The zero-order valence-corrected chi connectivity index (χ0v) is 12.1. The molecule has 110 valence electrons. The van der Waals surface area contributed by atoms with E-state index in [1.54, 1.807) is 15.8 Å². The summed E-state index contributed by atoms with van der Waals surface area (Å²) in [4.78, 5) is 14.3. The lowest BCUT2D eigenvalue weighted by Gasteiger charge is -2.36. The number of aliphatic hydroxyl groups is 1. The molecular formula is C16H19N3O2. The summed E-state index contributed by atoms with van der Waals surface area (Å²) in [6.45, 7) is 0.608. The fourth-order valence-electron chi connectivity index (χ4n) is 2.99. The maximum absolute atomic E-state index is 12.5. The Labute approximate surface area is 123 Å². The maximum Gasteiger partial charge on any atom is 0.227 e. The van der Waals surface area contributed by atoms with Crippen molar-refractivity contribution < 1.29 is 9.90 Å². The third kappa shape index (κ3) is 2.69. The van der Waals surface area contributed by atoms with Crippen LogP contribution in [0.5, 0.6) is 0 Å². The minimum absolute atomic E-state index is 0.0385. The van der Waals surface area contributed by atoms with Gasteiger partial charge in [-0.2, -0.15) is 5.10 Å². The first kappa shape index (κ1) is 13.8. The van der Waals surface area contributed by atoms with Gasteiger partial charge in [-0.3, -0.25) is 9.48 Å². The third-order valence-electron chi connectivity index (χ3n) is 4.02. The summed E-state index contributed by atoms with van der Waals surface area (Å²) in [5.74, 6) is 0.0385. The largest absolute Gasteiger partial charge is 0.394 e. The number of hydrogen-bond acceptors (Lipinski definition) is 3. The predicted octanol–water partition coefficient (Wildman–Crippen LogP) is 1.08. The average molecular weight is 285 g/mol. The van der Waals surface area contributed by atoms with Gasteiger partial charge in [0, 0.05) is 19.8 Å². The molecule has 0 fully saturated rings. The number of carbonyl (C=O) groups excluding carboxylic acids is 1. The number of benzene rings is 1. The van der Waals surface area contributed by atoms with Crippen LogP contribution in [0.2, 0.25) is 0 Å². The molecule has 0 bridgehead atoms. The van der Waals surface area contributed by atoms with Gasteiger partial charge in [0.1, 0.15) is 0 Å². The number of aromatic nitrogens is 2. The Hall–Kier alpha value is -2.14. The van der Waals surface area contributed by atoms with Crippen LogP contribution in [0.15, 0.2) is 36.7 Å². The van der Waals surface area contributed by atoms with Gasteiger partial charge in [-0.25, -0.2) is 0 Å². The number of aryl methyl sites for hydroxylation is 1. The Morgan fingerprint density at radius 3 is 2.95 bits per heavy atom. The van der Waals surface area contributed by atoms with Crippen molar-refractivity contribution in [2.75, 3.05) is 13.2 Å². The molecule has 2 heterocycles. The smallest absolute Gasteiger partial charge is 0.227 e. The van der Waals surface area contributed by atoms with Crippen LogP contribution in [-0.4, -0.2) is 38.8 Å². The van der Waals surface area contributed by atoms with Crippen LogP contribution >= 0.6 is 0 Å². The highest BCUT2D eigenvalue weighted by atomic mass is 16.3. The van der Waals surface area contributed by atoms with Crippen molar-refractivity contribution in [2.24, 2.45) is 7.05 Å². The summed E-state index contributed by atoms with van der Waals surface area (Å²) in [7, 11) is 1.83. The molecule has 0 saturated carbocycles. The molecule has 0 unspecified atom stereocenters. The van der Waals surface area contributed by atoms with E-state index < -0.39 is 0 Å². The Morgan fingerprint density at radius 1 is 1.43 bits per heavy atom. The summed E-state index contributed by atoms with van der Waals surface area (Å²) in [6, 6.07) is 7.79. The fourth-order valence-corrected chi connectivity index (χ4v) is 2.99. The van der Waals surface area contributed by atoms with E-state index in [1.165, 1.54) is 5.56 Å². The van der Waals surface area contributed by atoms with E-state index in [2.05, 4.69) is 11.2 Å². The zero-order chi connectivity index (χ0) is 14.8. The number of aliphatic hydroxyl groups excluding tert-OH is 1. The summed E-state index contributed by atoms with van der Waals surface area (Å²) in [5.41, 5.74) is 3.19. The summed E-state index contributed by atoms with van der Waals surface area (Å²) >= 11 is 0. The van der Waals surface area contributed by atoms with E-state index in [0.29, 0.717) is 13.0 Å². The van der Waals surface area contributed by atoms with E-state index in [4.69, 9.17) is 0 Å². The lowest BCUT2D eigenvalue weighted by atomic mass is 9.92. The average Bonchev–Trinajstić information content (AvgIpc) is 2.91. The lowest BCUT2D eigenvalue weighted by molar-refractivity contribution is -0.134. The van der Waals surface area contributed by atoms with Crippen molar-refractivity contribution in [2.45, 2.75) is 18.9 Å². The van der Waals surface area contributed by atoms with Gasteiger partial charge in [0.05, 0.1) is 25.3 Å². The van der Waals surface area contributed by atoms with Gasteiger partial charge in [-0.1, -0.05) is 24.3 Å². The summed E-state index contributed by atoms with van der Waals surface area (Å²) in [5, 5.41) is 13.8. The monoisotopic (exact) mass is 285 g/mol. The summed E-state index contributed by atoms with van der Waals surface area (Å²) < 4.78 is 1.69. The molecule has 0 saturated heterocycles. The lowest BCUT2D eigenvalue weighted by Crippen LogP contribution is -2.42. The van der Waals surface area contributed by atoms with Gasteiger partial charge < -0.3 is 10.0 Å². The highest BCUT2D eigenvalue weighted by molar-refractivity contribution is 5.79. The number of carbonyl (C=O) groups is 1. The molecule has 0 radical (unpaired) electrons. The maximum atomic E-state index is 12.5. The number of rotatable bonds is 3. The number of nitrogens with zero attached hydrogens (tertiary/aromatic N) is 3. The van der Waals surface area contributed by atoms with Gasteiger partial charge in [-0.05, 0) is 23.1 Å². The Kier molecular flexibility index (Phi) is 3.75. The van der Waals surface area contributed by atoms with E-state index in [1.807, 2.05) is 31.4 Å². The van der Waals surface area contributed by atoms with Crippen molar-refractivity contribution in [3.63, 3.8) is 0 Å². The first-order valence-corrected chi connectivity index (χ1v) is 7.14. The second kappa shape index (κ2) is 5.69. The molecule has 1 amide bonds. The van der Waals surface area contributed by atoms with Gasteiger partial charge in [-0.15, -0.1) is 0 Å². The Bertz CT molecular complexity index is 650. The number of hydrogen-bond donors (Lipinski definition) is 1. The second-order valence-corrected chi connectivity index (χ2v) is 5.43. The molecule has 5 nitrogen and oxygen atoms in total. The molecule has 1 atom stereocenters. The molecule has 1 aliphatic heterocycles. The Balaban J connectivity index is 1.80. The molecule has 0 aliphatic carbocycles. The molecule has 1 N–H and O–H groups in total. The Morgan fingerprint density at radius 2 is 2.24 bits per heavy atom. The van der Waals surface area contributed by atoms with Crippen molar-refractivity contribution in [3.8, 4) is 0 Å². The fraction of sp³-hybridized carbons (Fsp3) is 0.375. The molecule has 1 aliphatic rings. The molecule has 21 heavy (non-hydrogen) atoms. The first-order valence-electron chi connectivity index (χ1n) is 7.14. The van der Waals surface area contributed by atoms with Gasteiger partial charge >= 0.3 is 0 Å². The summed E-state index contributed by atoms with van der Waals surface area (Å²) in [6.07, 6.45) is 4.73. The topological polar surface area (TPSA) is 58.4 Å². The first-order chi connectivity index (χ1) is 10.2. The minimum Gasteiger partial charge on any atom is -0.394 e. The van der Waals surface area contributed by atoms with Crippen LogP contribution in [0.1, 0.15) is 22.7 Å². The van der Waals surface area contributed by atoms with Crippen molar-refractivity contribution >= 4 is 5.91 Å². The van der Waals surface area contributed by atoms with Crippen molar-refractivity contribution in [3.05, 3.63) is 53.3 Å². The highest BCUT2D eigenvalue weighted by Crippen LogP contribution is 2.29. The molecular weight excluding hydrogens is 266 g/mol. The normalized spacial score (nSPS) is 17.6. The van der Waals surface area contributed by atoms with Crippen LogP contribution in [0, 0.1) is 0 Å². The number of amides is 1. The van der Waals surface area contributed by atoms with Gasteiger partial charge in [0.25, 0.3) is 0 Å². The van der Waals surface area contributed by atoms with E-state index in [-0.39, 0.29) is 18.6 Å². The molecule has 2 aromatic rings. The highest BCUT2D eigenvalue weighted by Gasteiger charge is 2.29. The molecule has 0 spiro atoms. The van der Waals surface area contributed by atoms with Crippen molar-refractivity contribution in [1.82, 2.24) is 14.7 Å². The van der Waals surface area contributed by atoms with Crippen LogP contribution in [0.25, 0.3) is 0 Å². The SMILES string of the molecule is Cn1cc(CC(=O)N2CCc3ccccc3[C@@H]2CO)cn1. The van der Waals surface area contributed by atoms with Crippen molar-refractivity contribution in [1.29, 1.82) is 0 Å². The standard InChI is InChI=1S/C16H19N3O2/c1-18-10-12(9-17-18)8-16(21)19-7-6-13-4-2-3-5-14(13)15(19)11-20/h2-5,9-10,15,20H,6-8,11H2,1H3/t15-/m0/s1. The van der Waals surface area contributed by atoms with E-state index in [9.17, 15) is 9.90 Å². The molecule has 1 aromatic carbocycles.